The van der Waals surface area contributed by atoms with Crippen molar-refractivity contribution in [2.75, 3.05) is 31.5 Å². The normalized spacial score (nSPS) is 11.9. The van der Waals surface area contributed by atoms with Gasteiger partial charge in [-0.25, -0.2) is 9.97 Å². The summed E-state index contributed by atoms with van der Waals surface area (Å²) in [4.78, 5) is 8.70. The summed E-state index contributed by atoms with van der Waals surface area (Å²) in [6, 6.07) is 1.28. The fourth-order valence-electron chi connectivity index (χ4n) is 1.52. The molecule has 0 amide bonds. The minimum atomic E-state index is -4.60. The molecule has 0 aliphatic rings. The van der Waals surface area contributed by atoms with E-state index in [2.05, 4.69) is 20.2 Å². The Labute approximate surface area is 115 Å². The molecule has 8 heteroatoms. The van der Waals surface area contributed by atoms with Crippen molar-refractivity contribution in [2.45, 2.75) is 20.0 Å². The van der Waals surface area contributed by atoms with E-state index in [4.69, 9.17) is 11.6 Å². The zero-order valence-electron chi connectivity index (χ0n) is 10.8. The summed E-state index contributed by atoms with van der Waals surface area (Å²) in [5.74, 6) is -1.15. The van der Waals surface area contributed by atoms with E-state index < -0.39 is 12.0 Å². The van der Waals surface area contributed by atoms with Gasteiger partial charge in [-0.2, -0.15) is 13.2 Å². The molecular formula is C11H16ClF3N4. The van der Waals surface area contributed by atoms with Crippen LogP contribution in [0.15, 0.2) is 6.07 Å². The topological polar surface area (TPSA) is 41.0 Å². The fraction of sp³-hybridized carbons (Fsp3) is 0.636. The molecule has 0 saturated heterocycles. The van der Waals surface area contributed by atoms with E-state index in [1.807, 2.05) is 13.8 Å². The minimum Gasteiger partial charge on any atom is -0.369 e. The van der Waals surface area contributed by atoms with E-state index in [1.54, 1.807) is 0 Å². The highest BCUT2D eigenvalue weighted by molar-refractivity contribution is 6.29. The van der Waals surface area contributed by atoms with Crippen molar-refractivity contribution in [3.8, 4) is 0 Å². The maximum Gasteiger partial charge on any atom is 0.451 e. The fourth-order valence-corrected chi connectivity index (χ4v) is 1.70. The number of hydrogen-bond acceptors (Lipinski definition) is 4. The predicted molar refractivity (Wildman–Crippen MR) is 68.3 cm³/mol. The molecule has 0 saturated carbocycles. The second-order valence-corrected chi connectivity index (χ2v) is 4.24. The monoisotopic (exact) mass is 296 g/mol. The van der Waals surface area contributed by atoms with Crippen molar-refractivity contribution in [3.63, 3.8) is 0 Å². The van der Waals surface area contributed by atoms with Crippen molar-refractivity contribution in [1.82, 2.24) is 14.9 Å². The molecule has 0 aromatic carbocycles. The molecule has 108 valence electrons. The Morgan fingerprint density at radius 2 is 1.89 bits per heavy atom. The maximum absolute atomic E-state index is 12.5. The molecule has 0 aliphatic heterocycles. The van der Waals surface area contributed by atoms with Crippen LogP contribution in [0, 0.1) is 0 Å². The maximum atomic E-state index is 12.5. The van der Waals surface area contributed by atoms with Crippen molar-refractivity contribution >= 4 is 17.4 Å². The lowest BCUT2D eigenvalue weighted by Gasteiger charge is -2.18. The summed E-state index contributed by atoms with van der Waals surface area (Å²) < 4.78 is 37.5. The summed E-state index contributed by atoms with van der Waals surface area (Å²) in [6.07, 6.45) is -4.60. The van der Waals surface area contributed by atoms with Crippen LogP contribution in [-0.4, -0.2) is 41.0 Å². The number of nitrogens with one attached hydrogen (secondary N) is 1. The SMILES string of the molecule is CCN(CC)CCNc1cc(Cl)nc(C(F)(F)F)n1. The van der Waals surface area contributed by atoms with Gasteiger partial charge in [-0.3, -0.25) is 0 Å². The van der Waals surface area contributed by atoms with E-state index in [1.165, 1.54) is 6.07 Å². The van der Waals surface area contributed by atoms with Gasteiger partial charge in [0, 0.05) is 19.2 Å². The van der Waals surface area contributed by atoms with Gasteiger partial charge >= 0.3 is 6.18 Å². The van der Waals surface area contributed by atoms with E-state index >= 15 is 0 Å². The summed E-state index contributed by atoms with van der Waals surface area (Å²) in [6.45, 7) is 7.02. The zero-order chi connectivity index (χ0) is 14.5. The molecule has 0 fully saturated rings. The van der Waals surface area contributed by atoms with Gasteiger partial charge in [0.2, 0.25) is 5.82 Å². The molecule has 0 radical (unpaired) electrons. The van der Waals surface area contributed by atoms with Crippen LogP contribution >= 0.6 is 11.6 Å². The Balaban J connectivity index is 2.66. The zero-order valence-corrected chi connectivity index (χ0v) is 11.5. The van der Waals surface area contributed by atoms with Crippen LogP contribution in [0.1, 0.15) is 19.7 Å². The van der Waals surface area contributed by atoms with E-state index in [9.17, 15) is 13.2 Å². The van der Waals surface area contributed by atoms with Crippen molar-refractivity contribution in [3.05, 3.63) is 17.0 Å². The quantitative estimate of drug-likeness (QED) is 0.820. The Morgan fingerprint density at radius 1 is 1.26 bits per heavy atom. The molecular weight excluding hydrogens is 281 g/mol. The Kier molecular flexibility index (Phi) is 5.81. The molecule has 1 aromatic heterocycles. The Hall–Kier alpha value is -1.08. The van der Waals surface area contributed by atoms with Gasteiger partial charge in [0.15, 0.2) is 0 Å². The second kappa shape index (κ2) is 6.91. The molecule has 19 heavy (non-hydrogen) atoms. The largest absolute Gasteiger partial charge is 0.451 e. The molecule has 4 nitrogen and oxygen atoms in total. The highest BCUT2D eigenvalue weighted by atomic mass is 35.5. The van der Waals surface area contributed by atoms with Gasteiger partial charge in [-0.05, 0) is 13.1 Å². The third kappa shape index (κ3) is 5.20. The number of aromatic nitrogens is 2. The molecule has 0 spiro atoms. The number of alkyl halides is 3. The molecule has 0 bridgehead atoms. The van der Waals surface area contributed by atoms with E-state index in [0.29, 0.717) is 6.54 Å². The van der Waals surface area contributed by atoms with Gasteiger partial charge in [-0.15, -0.1) is 0 Å². The number of nitrogens with zero attached hydrogens (tertiary/aromatic N) is 3. The van der Waals surface area contributed by atoms with Crippen LogP contribution in [0.5, 0.6) is 0 Å². The number of likely N-dealkylation sites (N-methyl/N-ethyl adjacent to an activating group) is 1. The first-order chi connectivity index (χ1) is 8.86. The summed E-state index contributed by atoms with van der Waals surface area (Å²) in [7, 11) is 0. The predicted octanol–water partition coefficient (Wildman–Crippen LogP) is 2.90. The first kappa shape index (κ1) is 16.0. The average molecular weight is 297 g/mol. The molecule has 1 heterocycles. The molecule has 1 rings (SSSR count). The standard InChI is InChI=1S/C11H16ClF3N4/c1-3-19(4-2)6-5-16-9-7-8(12)17-10(18-9)11(13,14)15/h7H,3-6H2,1-2H3,(H,16,17,18). The van der Waals surface area contributed by atoms with Crippen LogP contribution in [0.2, 0.25) is 5.15 Å². The third-order valence-corrected chi connectivity index (χ3v) is 2.77. The lowest BCUT2D eigenvalue weighted by atomic mass is 10.4. The van der Waals surface area contributed by atoms with Gasteiger partial charge in [0.25, 0.3) is 0 Å². The lowest BCUT2D eigenvalue weighted by Crippen LogP contribution is -2.29. The van der Waals surface area contributed by atoms with Crippen LogP contribution in [0.25, 0.3) is 0 Å². The lowest BCUT2D eigenvalue weighted by molar-refractivity contribution is -0.144. The van der Waals surface area contributed by atoms with Crippen LogP contribution < -0.4 is 5.32 Å². The van der Waals surface area contributed by atoms with E-state index in [-0.39, 0.29) is 11.0 Å². The number of halogens is 4. The highest BCUT2D eigenvalue weighted by Gasteiger charge is 2.35. The van der Waals surface area contributed by atoms with Gasteiger partial charge in [0.05, 0.1) is 0 Å². The number of hydrogen-bond donors (Lipinski definition) is 1. The van der Waals surface area contributed by atoms with Crippen LogP contribution in [0.3, 0.4) is 0 Å². The molecule has 0 atom stereocenters. The van der Waals surface area contributed by atoms with Crippen LogP contribution in [-0.2, 0) is 6.18 Å². The molecule has 1 aromatic rings. The van der Waals surface area contributed by atoms with E-state index in [0.717, 1.165) is 19.6 Å². The smallest absolute Gasteiger partial charge is 0.369 e. The van der Waals surface area contributed by atoms with Crippen molar-refractivity contribution in [2.24, 2.45) is 0 Å². The third-order valence-electron chi connectivity index (χ3n) is 2.58. The summed E-state index contributed by atoms with van der Waals surface area (Å²) in [5.41, 5.74) is 0. The second-order valence-electron chi connectivity index (χ2n) is 3.85. The molecule has 0 aliphatic carbocycles. The van der Waals surface area contributed by atoms with Gasteiger partial charge in [-0.1, -0.05) is 25.4 Å². The average Bonchev–Trinajstić information content (AvgIpc) is 2.33. The molecule has 0 unspecified atom stereocenters. The molecule has 1 N–H and O–H groups in total. The number of anilines is 1. The Morgan fingerprint density at radius 3 is 2.42 bits per heavy atom. The first-order valence-corrected chi connectivity index (χ1v) is 6.32. The summed E-state index contributed by atoms with van der Waals surface area (Å²) >= 11 is 5.55. The number of rotatable bonds is 6. The van der Waals surface area contributed by atoms with Gasteiger partial charge in [0.1, 0.15) is 11.0 Å². The first-order valence-electron chi connectivity index (χ1n) is 5.94. The van der Waals surface area contributed by atoms with Crippen molar-refractivity contribution in [1.29, 1.82) is 0 Å². The Bertz CT molecular complexity index is 407. The van der Waals surface area contributed by atoms with Crippen LogP contribution in [0.4, 0.5) is 19.0 Å². The van der Waals surface area contributed by atoms with Crippen molar-refractivity contribution < 1.29 is 13.2 Å². The summed E-state index contributed by atoms with van der Waals surface area (Å²) in [5, 5.41) is 2.59. The van der Waals surface area contributed by atoms with Gasteiger partial charge < -0.3 is 10.2 Å². The minimum absolute atomic E-state index is 0.0829. The highest BCUT2D eigenvalue weighted by Crippen LogP contribution is 2.28.